The number of hydrogen-bond donors (Lipinski definition) is 1. The maximum atomic E-state index is 13.0. The first-order valence-corrected chi connectivity index (χ1v) is 7.64. The number of carbonyl (C=O) groups is 1. The Labute approximate surface area is 150 Å². The summed E-state index contributed by atoms with van der Waals surface area (Å²) >= 11 is 1.35. The average molecular weight is 378 g/mol. The van der Waals surface area contributed by atoms with E-state index >= 15 is 0 Å². The molecule has 23 heavy (non-hydrogen) atoms. The van der Waals surface area contributed by atoms with Gasteiger partial charge in [0.15, 0.2) is 0 Å². The molecule has 126 valence electrons. The number of halogens is 3. The normalized spacial score (nSPS) is 16.7. The Morgan fingerprint density at radius 1 is 1.35 bits per heavy atom. The smallest absolute Gasteiger partial charge is 0.265 e. The Kier molecular flexibility index (Phi) is 6.95. The fourth-order valence-electron chi connectivity index (χ4n) is 2.43. The van der Waals surface area contributed by atoms with E-state index in [1.54, 1.807) is 17.0 Å². The first-order valence-electron chi connectivity index (χ1n) is 6.83. The van der Waals surface area contributed by atoms with Gasteiger partial charge in [-0.2, -0.15) is 0 Å². The second-order valence-corrected chi connectivity index (χ2v) is 6.24. The predicted molar refractivity (Wildman–Crippen MR) is 95.2 cm³/mol. The topological polar surface area (TPSA) is 59.2 Å². The van der Waals surface area contributed by atoms with E-state index in [1.807, 2.05) is 6.92 Å². The fraction of sp³-hybridized carbons (Fsp3) is 0.333. The molecule has 0 unspecified atom stereocenters. The second kappa shape index (κ2) is 8.06. The summed E-state index contributed by atoms with van der Waals surface area (Å²) in [5, 5.41) is 0.736. The molecule has 1 aromatic heterocycles. The third-order valence-corrected chi connectivity index (χ3v) is 4.79. The van der Waals surface area contributed by atoms with E-state index in [2.05, 4.69) is 4.98 Å². The van der Waals surface area contributed by atoms with E-state index in [-0.39, 0.29) is 42.6 Å². The van der Waals surface area contributed by atoms with Gasteiger partial charge in [-0.1, -0.05) is 0 Å². The fourth-order valence-corrected chi connectivity index (χ4v) is 3.47. The van der Waals surface area contributed by atoms with Gasteiger partial charge in [0.05, 0.1) is 5.69 Å². The van der Waals surface area contributed by atoms with Gasteiger partial charge in [-0.15, -0.1) is 36.2 Å². The van der Waals surface area contributed by atoms with Crippen molar-refractivity contribution in [2.45, 2.75) is 19.4 Å². The molecule has 0 radical (unpaired) electrons. The van der Waals surface area contributed by atoms with Crippen LogP contribution in [0.2, 0.25) is 0 Å². The van der Waals surface area contributed by atoms with Crippen molar-refractivity contribution in [3.8, 4) is 10.6 Å². The van der Waals surface area contributed by atoms with Crippen LogP contribution in [-0.4, -0.2) is 34.9 Å². The minimum Gasteiger partial charge on any atom is -0.336 e. The highest BCUT2D eigenvalue weighted by molar-refractivity contribution is 7.17. The van der Waals surface area contributed by atoms with Gasteiger partial charge in [-0.25, -0.2) is 9.37 Å². The van der Waals surface area contributed by atoms with E-state index in [0.29, 0.717) is 23.7 Å². The Balaban J connectivity index is 0.00000132. The number of aromatic nitrogens is 1. The molecule has 1 fully saturated rings. The lowest BCUT2D eigenvalue weighted by molar-refractivity contribution is 0.0794. The molecule has 2 aromatic rings. The highest BCUT2D eigenvalue weighted by Crippen LogP contribution is 2.29. The van der Waals surface area contributed by atoms with Crippen molar-refractivity contribution in [2.75, 3.05) is 13.1 Å². The number of hydrogen-bond acceptors (Lipinski definition) is 4. The number of benzene rings is 1. The lowest BCUT2D eigenvalue weighted by Gasteiger charge is -2.14. The third kappa shape index (κ3) is 4.20. The monoisotopic (exact) mass is 377 g/mol. The van der Waals surface area contributed by atoms with Gasteiger partial charge in [0.2, 0.25) is 0 Å². The minimum absolute atomic E-state index is 0. The summed E-state index contributed by atoms with van der Waals surface area (Å²) in [4.78, 5) is 19.4. The zero-order valence-electron chi connectivity index (χ0n) is 12.5. The zero-order valence-corrected chi connectivity index (χ0v) is 14.9. The van der Waals surface area contributed by atoms with Crippen LogP contribution in [0.4, 0.5) is 4.39 Å². The Morgan fingerprint density at radius 3 is 2.57 bits per heavy atom. The lowest BCUT2D eigenvalue weighted by Crippen LogP contribution is -2.31. The summed E-state index contributed by atoms with van der Waals surface area (Å²) in [5.74, 6) is -0.291. The summed E-state index contributed by atoms with van der Waals surface area (Å²) < 4.78 is 13.0. The molecular formula is C15H18Cl2FN3OS. The number of nitrogens with zero attached hydrogens (tertiary/aromatic N) is 2. The van der Waals surface area contributed by atoms with Gasteiger partial charge in [0.25, 0.3) is 5.91 Å². The maximum Gasteiger partial charge on any atom is 0.265 e. The first-order chi connectivity index (χ1) is 10.0. The molecule has 1 amide bonds. The summed E-state index contributed by atoms with van der Waals surface area (Å²) in [7, 11) is 0. The molecule has 8 heteroatoms. The number of aryl methyl sites for hydroxylation is 1. The van der Waals surface area contributed by atoms with Crippen molar-refractivity contribution < 1.29 is 9.18 Å². The van der Waals surface area contributed by atoms with Crippen molar-refractivity contribution >= 4 is 42.1 Å². The molecule has 4 nitrogen and oxygen atoms in total. The number of nitrogens with two attached hydrogens (primary N) is 1. The average Bonchev–Trinajstić information content (AvgIpc) is 3.05. The molecule has 2 N–H and O–H groups in total. The highest BCUT2D eigenvalue weighted by Gasteiger charge is 2.27. The molecule has 0 spiro atoms. The van der Waals surface area contributed by atoms with Crippen molar-refractivity contribution in [3.05, 3.63) is 40.7 Å². The Hall–Kier alpha value is -1.21. The largest absolute Gasteiger partial charge is 0.336 e. The SMILES string of the molecule is Cc1nc(-c2ccc(F)cc2)sc1C(=O)N1CC[C@@H](N)C1.Cl.Cl. The molecule has 2 heterocycles. The van der Waals surface area contributed by atoms with Crippen molar-refractivity contribution in [1.82, 2.24) is 9.88 Å². The molecule has 1 aliphatic heterocycles. The van der Waals surface area contributed by atoms with Gasteiger partial charge in [-0.3, -0.25) is 4.79 Å². The lowest BCUT2D eigenvalue weighted by atomic mass is 10.2. The number of rotatable bonds is 2. The van der Waals surface area contributed by atoms with E-state index in [9.17, 15) is 9.18 Å². The van der Waals surface area contributed by atoms with Crippen LogP contribution in [0.25, 0.3) is 10.6 Å². The van der Waals surface area contributed by atoms with Gasteiger partial charge < -0.3 is 10.6 Å². The van der Waals surface area contributed by atoms with Crippen LogP contribution in [-0.2, 0) is 0 Å². The Morgan fingerprint density at radius 2 is 2.00 bits per heavy atom. The maximum absolute atomic E-state index is 13.0. The molecular weight excluding hydrogens is 360 g/mol. The number of thiazole rings is 1. The van der Waals surface area contributed by atoms with Crippen LogP contribution in [0.3, 0.4) is 0 Å². The molecule has 3 rings (SSSR count). The quantitative estimate of drug-likeness (QED) is 0.873. The molecule has 1 aromatic carbocycles. The van der Waals surface area contributed by atoms with Gasteiger partial charge >= 0.3 is 0 Å². The summed E-state index contributed by atoms with van der Waals surface area (Å²) in [6, 6.07) is 6.21. The highest BCUT2D eigenvalue weighted by atomic mass is 35.5. The summed E-state index contributed by atoms with van der Waals surface area (Å²) in [6.07, 6.45) is 0.842. The van der Waals surface area contributed by atoms with Crippen LogP contribution in [0.5, 0.6) is 0 Å². The third-order valence-electron chi connectivity index (χ3n) is 3.59. The molecule has 1 atom stereocenters. The van der Waals surface area contributed by atoms with Crippen LogP contribution < -0.4 is 5.73 Å². The van der Waals surface area contributed by atoms with Crippen molar-refractivity contribution in [3.63, 3.8) is 0 Å². The van der Waals surface area contributed by atoms with Crippen LogP contribution >= 0.6 is 36.2 Å². The second-order valence-electron chi connectivity index (χ2n) is 5.24. The molecule has 1 saturated heterocycles. The standard InChI is InChI=1S/C15H16FN3OS.2ClH/c1-9-13(15(20)19-7-6-12(17)8-19)21-14(18-9)10-2-4-11(16)5-3-10;;/h2-5,12H,6-8,17H2,1H3;2*1H/t12-;;/m1../s1. The van der Waals surface area contributed by atoms with E-state index in [4.69, 9.17) is 5.73 Å². The predicted octanol–water partition coefficient (Wildman–Crippen LogP) is 3.27. The van der Waals surface area contributed by atoms with E-state index < -0.39 is 0 Å². The van der Waals surface area contributed by atoms with Crippen LogP contribution in [0.15, 0.2) is 24.3 Å². The number of likely N-dealkylation sites (tertiary alicyclic amines) is 1. The van der Waals surface area contributed by atoms with Gasteiger partial charge in [0.1, 0.15) is 15.7 Å². The van der Waals surface area contributed by atoms with Crippen LogP contribution in [0, 0.1) is 12.7 Å². The van der Waals surface area contributed by atoms with Gasteiger partial charge in [0, 0.05) is 24.7 Å². The van der Waals surface area contributed by atoms with Crippen molar-refractivity contribution in [2.24, 2.45) is 5.73 Å². The van der Waals surface area contributed by atoms with E-state index in [0.717, 1.165) is 17.0 Å². The minimum atomic E-state index is -0.283. The zero-order chi connectivity index (χ0) is 15.0. The number of amides is 1. The molecule has 1 aliphatic rings. The summed E-state index contributed by atoms with van der Waals surface area (Å²) in [6.45, 7) is 3.12. The van der Waals surface area contributed by atoms with Crippen molar-refractivity contribution in [1.29, 1.82) is 0 Å². The first kappa shape index (κ1) is 19.8. The molecule has 0 aliphatic carbocycles. The van der Waals surface area contributed by atoms with Gasteiger partial charge in [-0.05, 0) is 37.6 Å². The number of carbonyl (C=O) groups excluding carboxylic acids is 1. The summed E-state index contributed by atoms with van der Waals surface area (Å²) in [5.41, 5.74) is 7.38. The molecule has 0 bridgehead atoms. The molecule has 0 saturated carbocycles. The van der Waals surface area contributed by atoms with Crippen LogP contribution in [0.1, 0.15) is 21.8 Å². The van der Waals surface area contributed by atoms with E-state index in [1.165, 1.54) is 23.5 Å². The Bertz CT molecular complexity index is 678.